The number of amides is 3. The molecule has 3 amide bonds. The number of carbonyl (C=O) groups is 4. The van der Waals surface area contributed by atoms with Crippen molar-refractivity contribution in [1.82, 2.24) is 45.3 Å². The molecular weight excluding hydrogens is 1190 g/mol. The molecule has 13 aliphatic carbocycles. The highest BCUT2D eigenvalue weighted by Gasteiger charge is 2.60. The summed E-state index contributed by atoms with van der Waals surface area (Å²) in [7, 11) is 0. The average molecular weight is 1300 g/mol. The van der Waals surface area contributed by atoms with Crippen molar-refractivity contribution in [3.8, 4) is 5.69 Å². The zero-order chi connectivity index (χ0) is 64.1. The molecule has 13 aliphatic rings. The predicted molar refractivity (Wildman–Crippen MR) is 361 cm³/mol. The minimum absolute atomic E-state index is 0.0101. The van der Waals surface area contributed by atoms with Crippen molar-refractivity contribution >= 4 is 35.3 Å². The second-order valence-electron chi connectivity index (χ2n) is 32.5. The minimum atomic E-state index is -0.247. The van der Waals surface area contributed by atoms with Gasteiger partial charge in [0, 0.05) is 46.4 Å². The highest BCUT2D eigenvalue weighted by molar-refractivity contribution is 6.21. The van der Waals surface area contributed by atoms with Gasteiger partial charge in [-0.3, -0.25) is 28.5 Å². The third-order valence-corrected chi connectivity index (χ3v) is 26.7. The van der Waals surface area contributed by atoms with Crippen LogP contribution in [-0.4, -0.2) is 77.8 Å². The molecule has 3 N–H and O–H groups in total. The standard InChI is InChI=1S/C30H40FN3O.C24H34ClN3O.C23H35N3O3/c1-29(2)20-16-17-30(3,18-20)28(29)32-27(35)25-24-11-7-10-23(19-8-5-4-6-9-19)26(24)34(33-25)22-14-12-21(31)13-15-22;25-20-8-4-7-19-22(27-28(23(19)20)18-5-2-1-3-6-18)24(29)26-21-16-10-14-9-15(12-16)13-17(21)11-14;1-2-29-23(28)17-12-6-8-14-19(17)24-22(27)21-18-13-7-9-15-20(18)26(25-21)16-10-4-3-5-11-16/h12-15,19-20,23,28H,4-11,16-18H2,1-3H3,(H,32,35);14-18,20-21H,1-13H2,(H,26,29);16-17,19H,2-15H2,1H3,(H,24,27)/t;;17-,19+/m..1/s1. The van der Waals surface area contributed by atoms with E-state index >= 15 is 0 Å². The van der Waals surface area contributed by atoms with Crippen molar-refractivity contribution < 1.29 is 28.3 Å². The molecule has 93 heavy (non-hydrogen) atoms. The van der Waals surface area contributed by atoms with E-state index in [9.17, 15) is 23.6 Å². The molecule has 0 aliphatic heterocycles. The van der Waals surface area contributed by atoms with Gasteiger partial charge in [-0.1, -0.05) is 91.4 Å². The summed E-state index contributed by atoms with van der Waals surface area (Å²) >= 11 is 6.79. The molecule has 10 fully saturated rings. The number of nitrogens with zero attached hydrogens (tertiary/aromatic N) is 6. The van der Waals surface area contributed by atoms with Crippen LogP contribution in [0.25, 0.3) is 5.69 Å². The molecular formula is C77H109ClFN9O5. The lowest BCUT2D eigenvalue weighted by Crippen LogP contribution is -2.56. The average Bonchev–Trinajstić information content (AvgIpc) is 1.64. The Morgan fingerprint density at radius 1 is 0.570 bits per heavy atom. The lowest BCUT2D eigenvalue weighted by molar-refractivity contribution is -0.150. The number of ether oxygens (including phenoxy) is 1. The maximum absolute atomic E-state index is 13.9. The Kier molecular flexibility index (Phi) is 19.5. The van der Waals surface area contributed by atoms with Crippen LogP contribution in [0.1, 0.15) is 328 Å². The largest absolute Gasteiger partial charge is 0.466 e. The Balaban J connectivity index is 0.000000122. The monoisotopic (exact) mass is 1290 g/mol. The van der Waals surface area contributed by atoms with E-state index in [0.717, 1.165) is 118 Å². The van der Waals surface area contributed by atoms with Crippen molar-refractivity contribution in [3.63, 3.8) is 0 Å². The highest BCUT2D eigenvalue weighted by atomic mass is 35.5. The molecule has 3 aromatic heterocycles. The molecule has 17 rings (SSSR count). The maximum Gasteiger partial charge on any atom is 0.311 e. The Hall–Kier alpha value is -5.05. The number of esters is 1. The second kappa shape index (κ2) is 27.8. The van der Waals surface area contributed by atoms with Gasteiger partial charge in [0.25, 0.3) is 17.7 Å². The summed E-state index contributed by atoms with van der Waals surface area (Å²) in [5.74, 6) is 4.34. The number of alkyl halides is 1. The molecule has 16 heteroatoms. The molecule has 4 aromatic rings. The Labute approximate surface area is 558 Å². The summed E-state index contributed by atoms with van der Waals surface area (Å²) < 4.78 is 25.4. The van der Waals surface area contributed by atoms with E-state index in [-0.39, 0.29) is 63.7 Å². The van der Waals surface area contributed by atoms with Gasteiger partial charge in [-0.25, -0.2) is 9.07 Å². The number of hydrogen-bond acceptors (Lipinski definition) is 8. The molecule has 0 radical (unpaired) electrons. The van der Waals surface area contributed by atoms with Crippen molar-refractivity contribution in [1.29, 1.82) is 0 Å². The van der Waals surface area contributed by atoms with Crippen LogP contribution in [0.4, 0.5) is 4.39 Å². The maximum atomic E-state index is 13.9. The fourth-order valence-corrected chi connectivity index (χ4v) is 22.3. The van der Waals surface area contributed by atoms with E-state index in [1.54, 1.807) is 12.1 Å². The van der Waals surface area contributed by atoms with Gasteiger partial charge in [-0.2, -0.15) is 15.3 Å². The molecule has 10 saturated carbocycles. The predicted octanol–water partition coefficient (Wildman–Crippen LogP) is 16.6. The van der Waals surface area contributed by atoms with Crippen LogP contribution in [0.15, 0.2) is 24.3 Å². The number of aromatic nitrogens is 6. The van der Waals surface area contributed by atoms with Gasteiger partial charge >= 0.3 is 5.97 Å². The van der Waals surface area contributed by atoms with E-state index < -0.39 is 0 Å². The van der Waals surface area contributed by atoms with Gasteiger partial charge < -0.3 is 20.7 Å². The van der Waals surface area contributed by atoms with Crippen LogP contribution in [0.5, 0.6) is 0 Å². The van der Waals surface area contributed by atoms with Crippen molar-refractivity contribution in [2.75, 3.05) is 6.61 Å². The van der Waals surface area contributed by atoms with Gasteiger partial charge in [-0.15, -0.1) is 11.6 Å². The van der Waals surface area contributed by atoms with E-state index in [2.05, 4.69) is 46.1 Å². The van der Waals surface area contributed by atoms with Crippen LogP contribution >= 0.6 is 11.6 Å². The highest BCUT2D eigenvalue weighted by Crippen LogP contribution is 2.62. The summed E-state index contributed by atoms with van der Waals surface area (Å²) in [6.45, 7) is 9.24. The van der Waals surface area contributed by atoms with Crippen molar-refractivity contribution in [2.45, 2.75) is 307 Å². The van der Waals surface area contributed by atoms with Crippen molar-refractivity contribution in [2.24, 2.45) is 52.3 Å². The first kappa shape index (κ1) is 65.2. The lowest BCUT2D eigenvalue weighted by atomic mass is 9.54. The molecule has 0 saturated heterocycles. The fourth-order valence-electron chi connectivity index (χ4n) is 21.9. The van der Waals surface area contributed by atoms with Gasteiger partial charge in [0.05, 0.1) is 47.1 Å². The lowest BCUT2D eigenvalue weighted by Gasteiger charge is -2.54. The normalized spacial score (nSPS) is 32.0. The van der Waals surface area contributed by atoms with E-state index in [1.165, 1.54) is 183 Å². The van der Waals surface area contributed by atoms with Crippen molar-refractivity contribution in [3.05, 3.63) is 80.9 Å². The molecule has 0 spiro atoms. The smallest absolute Gasteiger partial charge is 0.311 e. The first-order valence-corrected chi connectivity index (χ1v) is 38.4. The Bertz CT molecular complexity index is 3300. The third-order valence-electron chi connectivity index (χ3n) is 26.3. The molecule has 3 heterocycles. The van der Waals surface area contributed by atoms with Gasteiger partial charge in [0.2, 0.25) is 0 Å². The number of nitrogens with one attached hydrogen (secondary N) is 3. The summed E-state index contributed by atoms with van der Waals surface area (Å²) in [6, 6.07) is 7.88. The number of carbonyl (C=O) groups excluding carboxylic acids is 4. The van der Waals surface area contributed by atoms with Gasteiger partial charge in [0.1, 0.15) is 5.82 Å². The van der Waals surface area contributed by atoms with Crippen LogP contribution in [-0.2, 0) is 35.2 Å². The zero-order valence-corrected chi connectivity index (χ0v) is 57.5. The zero-order valence-electron chi connectivity index (χ0n) is 56.7. The molecule has 7 atom stereocenters. The number of halogens is 2. The van der Waals surface area contributed by atoms with Crippen LogP contribution in [0.2, 0.25) is 0 Å². The fraction of sp³-hybridized carbons (Fsp3) is 0.753. The van der Waals surface area contributed by atoms with E-state index in [4.69, 9.17) is 31.6 Å². The molecule has 14 nitrogen and oxygen atoms in total. The number of benzene rings is 1. The number of rotatable bonds is 12. The van der Waals surface area contributed by atoms with Crippen LogP contribution in [0, 0.1) is 58.1 Å². The quantitative estimate of drug-likeness (QED) is 0.0931. The SMILES string of the molecule is CC12CCC(C1)C(C)(C)C2NC(=O)c1nn(-c2ccc(F)cc2)c2c1CCCC2C1CCCCC1.CCOC(=O)[C@@H]1CCCC[C@@H]1NC(=O)c1nn(C2CCCCC2)c2c1CCCC2.O=C(NC1C2CC3CC(C2)CC1C3)c1nn(C2CCCCC2)c2c1CCCC2Cl. The molecule has 1 aromatic carbocycles. The minimum Gasteiger partial charge on any atom is -0.466 e. The van der Waals surface area contributed by atoms with E-state index in [1.807, 2.05) is 11.6 Å². The first-order chi connectivity index (χ1) is 45.1. The van der Waals surface area contributed by atoms with Crippen LogP contribution < -0.4 is 16.0 Å². The first-order valence-electron chi connectivity index (χ1n) is 38.0. The third kappa shape index (κ3) is 13.1. The topological polar surface area (TPSA) is 167 Å². The second-order valence-corrected chi connectivity index (χ2v) is 33.0. The van der Waals surface area contributed by atoms with Crippen LogP contribution in [0.3, 0.4) is 0 Å². The number of hydrogen-bond donors (Lipinski definition) is 3. The Morgan fingerprint density at radius 3 is 1.80 bits per heavy atom. The summed E-state index contributed by atoms with van der Waals surface area (Å²) in [5.41, 5.74) is 10.2. The van der Waals surface area contributed by atoms with Gasteiger partial charge in [0.15, 0.2) is 17.1 Å². The molecule has 6 bridgehead atoms. The Morgan fingerprint density at radius 2 is 1.13 bits per heavy atom. The number of fused-ring (bicyclic) bond motifs is 5. The summed E-state index contributed by atoms with van der Waals surface area (Å²) in [6.07, 6.45) is 43.4. The summed E-state index contributed by atoms with van der Waals surface area (Å²) in [5, 5.41) is 25.0. The summed E-state index contributed by atoms with van der Waals surface area (Å²) in [4.78, 5) is 53.0. The molecule has 5 unspecified atom stereocenters. The van der Waals surface area contributed by atoms with Gasteiger partial charge in [-0.05, 0) is 244 Å². The molecule has 506 valence electrons. The van der Waals surface area contributed by atoms with E-state index in [0.29, 0.717) is 71.4 Å².